The molecule has 0 radical (unpaired) electrons. The van der Waals surface area contributed by atoms with Crippen molar-refractivity contribution in [2.75, 3.05) is 26.4 Å². The normalized spacial score (nSPS) is 27.0. The Kier molecular flexibility index (Phi) is 31.1. The number of unbranched alkanes of at least 4 members (excludes halogenated alkanes) is 19. The zero-order valence-corrected chi connectivity index (χ0v) is 37.2. The lowest BCUT2D eigenvalue weighted by molar-refractivity contribution is -0.332. The van der Waals surface area contributed by atoms with Gasteiger partial charge in [0.25, 0.3) is 0 Å². The summed E-state index contributed by atoms with van der Waals surface area (Å²) in [6.45, 7) is 2.52. The monoisotopic (exact) mass is 875 g/mol. The summed E-state index contributed by atoms with van der Waals surface area (Å²) in [7, 11) is 0. The molecule has 4 unspecified atom stereocenters. The third kappa shape index (κ3) is 23.5. The van der Waals surface area contributed by atoms with Crippen LogP contribution >= 0.6 is 0 Å². The first-order valence-electron chi connectivity index (χ1n) is 23.5. The van der Waals surface area contributed by atoms with Gasteiger partial charge in [-0.3, -0.25) is 9.59 Å². The molecule has 2 aliphatic heterocycles. The molecule has 7 N–H and O–H groups in total. The van der Waals surface area contributed by atoms with E-state index in [1.54, 1.807) is 0 Å². The fourth-order valence-electron chi connectivity index (χ4n) is 7.31. The number of carbonyl (C=O) groups excluding carboxylic acids is 2. The number of rotatable bonds is 35. The lowest BCUT2D eigenvalue weighted by atomic mass is 9.98. The fourth-order valence-corrected chi connectivity index (χ4v) is 7.31. The topological polar surface area (TPSA) is 231 Å². The van der Waals surface area contributed by atoms with Gasteiger partial charge in [-0.15, -0.1) is 5.73 Å². The maximum atomic E-state index is 12.9. The van der Waals surface area contributed by atoms with Crippen molar-refractivity contribution in [3.05, 3.63) is 17.9 Å². The smallest absolute Gasteiger partial charge is 0.306 e. The molecule has 2 fully saturated rings. The number of aliphatic hydroxyl groups excluding tert-OH is 7. The molecule has 0 amide bonds. The van der Waals surface area contributed by atoms with Gasteiger partial charge in [-0.25, -0.2) is 0 Å². The Morgan fingerprint density at radius 3 is 1.51 bits per heavy atom. The molecule has 0 aliphatic carbocycles. The van der Waals surface area contributed by atoms with E-state index in [4.69, 9.17) is 28.4 Å². The van der Waals surface area contributed by atoms with Crippen molar-refractivity contribution < 1.29 is 73.8 Å². The number of esters is 2. The summed E-state index contributed by atoms with van der Waals surface area (Å²) in [4.78, 5) is 25.6. The van der Waals surface area contributed by atoms with Crippen molar-refractivity contribution >= 4 is 11.9 Å². The molecule has 2 heterocycles. The van der Waals surface area contributed by atoms with Gasteiger partial charge in [0.05, 0.1) is 19.8 Å². The number of allylic oxidation sites excluding steroid dienone is 1. The average Bonchev–Trinajstić information content (AvgIpc) is 3.25. The van der Waals surface area contributed by atoms with Crippen molar-refractivity contribution in [3.8, 4) is 0 Å². The molecule has 0 aromatic carbocycles. The molecule has 0 saturated carbocycles. The summed E-state index contributed by atoms with van der Waals surface area (Å²) in [5, 5.41) is 71.8. The number of hydrogen-bond donors (Lipinski definition) is 7. The Morgan fingerprint density at radius 2 is 0.984 bits per heavy atom. The second-order valence-corrected chi connectivity index (χ2v) is 16.7. The van der Waals surface area contributed by atoms with Crippen LogP contribution in [0.15, 0.2) is 17.9 Å². The number of aliphatic hydroxyl groups is 7. The molecule has 15 heteroatoms. The molecule has 0 bridgehead atoms. The Hall–Kier alpha value is -1.98. The molecule has 15 nitrogen and oxygen atoms in total. The van der Waals surface area contributed by atoms with Gasteiger partial charge in [-0.2, -0.15) is 0 Å². The minimum Gasteiger partial charge on any atom is -0.462 e. The maximum absolute atomic E-state index is 12.9. The fraction of sp³-hybridized carbons (Fsp3) is 0.891. The van der Waals surface area contributed by atoms with E-state index in [-0.39, 0.29) is 26.1 Å². The third-order valence-corrected chi connectivity index (χ3v) is 11.3. The molecule has 0 spiro atoms. The Bertz CT molecular complexity index is 1180. The molecule has 356 valence electrons. The van der Waals surface area contributed by atoms with Crippen LogP contribution in [0.4, 0.5) is 0 Å². The first-order chi connectivity index (χ1) is 29.5. The van der Waals surface area contributed by atoms with Gasteiger partial charge in [-0.1, -0.05) is 117 Å². The SMILES string of the molecule is CCCCCCCC=C=CCCCCCCCC(=O)O[C@H](COC(=O)CCCCCCCCCCCC)CO[C@@H]1O[C@H](CO[C@@H]2O[C@H](CO)[C@H](O)C(O)C2O)[C@H](O)C(O)C1O. The number of carbonyl (C=O) groups is 2. The molecule has 2 aliphatic rings. The first kappa shape index (κ1) is 55.2. The van der Waals surface area contributed by atoms with Crippen LogP contribution in [0.2, 0.25) is 0 Å². The molecule has 61 heavy (non-hydrogen) atoms. The van der Waals surface area contributed by atoms with Crippen LogP contribution in [-0.2, 0) is 38.0 Å². The van der Waals surface area contributed by atoms with Crippen molar-refractivity contribution in [3.63, 3.8) is 0 Å². The van der Waals surface area contributed by atoms with Gasteiger partial charge in [0.1, 0.15) is 55.4 Å². The second kappa shape index (κ2) is 34.4. The highest BCUT2D eigenvalue weighted by atomic mass is 16.7. The molecular formula is C46H82O15. The minimum atomic E-state index is -1.76. The zero-order chi connectivity index (χ0) is 44.7. The van der Waals surface area contributed by atoms with Crippen LogP contribution in [0.3, 0.4) is 0 Å². The van der Waals surface area contributed by atoms with Crippen molar-refractivity contribution in [1.82, 2.24) is 0 Å². The van der Waals surface area contributed by atoms with E-state index in [0.29, 0.717) is 12.8 Å². The summed E-state index contributed by atoms with van der Waals surface area (Å²) in [5.41, 5.74) is 3.28. The number of hydrogen-bond acceptors (Lipinski definition) is 15. The lowest BCUT2D eigenvalue weighted by Gasteiger charge is -2.42. The van der Waals surface area contributed by atoms with E-state index >= 15 is 0 Å². The minimum absolute atomic E-state index is 0.148. The summed E-state index contributed by atoms with van der Waals surface area (Å²) in [5.74, 6) is -0.945. The van der Waals surface area contributed by atoms with Gasteiger partial charge in [0, 0.05) is 12.8 Å². The van der Waals surface area contributed by atoms with Crippen LogP contribution in [0, 0.1) is 0 Å². The van der Waals surface area contributed by atoms with Crippen LogP contribution in [0.25, 0.3) is 0 Å². The quantitative estimate of drug-likeness (QED) is 0.0247. The van der Waals surface area contributed by atoms with E-state index in [1.165, 1.54) is 70.6 Å². The van der Waals surface area contributed by atoms with Gasteiger partial charge in [0.15, 0.2) is 18.7 Å². The van der Waals surface area contributed by atoms with E-state index < -0.39 is 92.7 Å². The first-order valence-corrected chi connectivity index (χ1v) is 23.5. The molecule has 11 atom stereocenters. The Morgan fingerprint density at radius 1 is 0.541 bits per heavy atom. The van der Waals surface area contributed by atoms with Gasteiger partial charge >= 0.3 is 11.9 Å². The van der Waals surface area contributed by atoms with Gasteiger partial charge in [-0.05, 0) is 50.7 Å². The van der Waals surface area contributed by atoms with E-state index in [1.807, 2.05) is 0 Å². The summed E-state index contributed by atoms with van der Waals surface area (Å²) in [6, 6.07) is 0. The molecule has 0 aromatic heterocycles. The molecule has 0 aromatic rings. The summed E-state index contributed by atoms with van der Waals surface area (Å²) >= 11 is 0. The molecular weight excluding hydrogens is 792 g/mol. The number of ether oxygens (including phenoxy) is 6. The summed E-state index contributed by atoms with van der Waals surface area (Å²) < 4.78 is 33.4. The van der Waals surface area contributed by atoms with Crippen LogP contribution in [0.5, 0.6) is 0 Å². The lowest BCUT2D eigenvalue weighted by Crippen LogP contribution is -2.61. The second-order valence-electron chi connectivity index (χ2n) is 16.7. The predicted molar refractivity (Wildman–Crippen MR) is 228 cm³/mol. The average molecular weight is 875 g/mol. The zero-order valence-electron chi connectivity index (χ0n) is 37.2. The predicted octanol–water partition coefficient (Wildman–Crippen LogP) is 5.20. The standard InChI is InChI=1S/C46H82O15/c1-3-5-7-9-11-13-15-16-17-18-19-21-23-25-27-29-38(49)59-34(31-56-37(48)28-26-24-22-20-14-12-10-8-6-4-2)32-57-45-44(55)42(53)40(51)36(61-45)33-58-46-43(54)41(52)39(50)35(30-47)60-46/h15,17,34-36,39-47,50-55H,3-14,18-33H2,1-2H3/t16?,34-,35-,36-,39+,40+,41?,42?,43?,44?,45-,46-/m1/s1. The van der Waals surface area contributed by atoms with Crippen molar-refractivity contribution in [2.24, 2.45) is 0 Å². The van der Waals surface area contributed by atoms with E-state index in [0.717, 1.165) is 57.8 Å². The maximum Gasteiger partial charge on any atom is 0.306 e. The van der Waals surface area contributed by atoms with Gasteiger partial charge in [0.2, 0.25) is 0 Å². The highest BCUT2D eigenvalue weighted by Gasteiger charge is 2.47. The van der Waals surface area contributed by atoms with Crippen LogP contribution < -0.4 is 0 Å². The van der Waals surface area contributed by atoms with Crippen LogP contribution in [-0.4, -0.2) is 142 Å². The Balaban J connectivity index is 1.86. The van der Waals surface area contributed by atoms with Gasteiger partial charge < -0.3 is 64.2 Å². The highest BCUT2D eigenvalue weighted by Crippen LogP contribution is 2.26. The highest BCUT2D eigenvalue weighted by molar-refractivity contribution is 5.70. The molecule has 2 rings (SSSR count). The third-order valence-electron chi connectivity index (χ3n) is 11.3. The Labute approximate surface area is 364 Å². The van der Waals surface area contributed by atoms with E-state index in [9.17, 15) is 45.3 Å². The van der Waals surface area contributed by atoms with Crippen LogP contribution in [0.1, 0.15) is 168 Å². The summed E-state index contributed by atoms with van der Waals surface area (Å²) in [6.07, 6.45) is 11.8. The largest absolute Gasteiger partial charge is 0.462 e. The van der Waals surface area contributed by atoms with Crippen molar-refractivity contribution in [2.45, 2.75) is 235 Å². The van der Waals surface area contributed by atoms with Crippen molar-refractivity contribution in [1.29, 1.82) is 0 Å². The van der Waals surface area contributed by atoms with E-state index in [2.05, 4.69) is 31.7 Å². The molecule has 2 saturated heterocycles.